The molecule has 124 valence electrons. The summed E-state index contributed by atoms with van der Waals surface area (Å²) in [5.74, 6) is -1.32. The van der Waals surface area contributed by atoms with Crippen LogP contribution in [0.2, 0.25) is 0 Å². The molecule has 4 N–H and O–H groups in total. The van der Waals surface area contributed by atoms with Crippen molar-refractivity contribution in [1.29, 1.82) is 0 Å². The third-order valence-corrected chi connectivity index (χ3v) is 4.18. The second-order valence-electron chi connectivity index (χ2n) is 5.86. The fourth-order valence-electron chi connectivity index (χ4n) is 2.86. The molecule has 1 fully saturated rings. The minimum atomic E-state index is -1.11. The number of carbonyl (C=O) groups is 2. The van der Waals surface area contributed by atoms with Crippen LogP contribution in [0.5, 0.6) is 0 Å². The van der Waals surface area contributed by atoms with Gasteiger partial charge in [-0.2, -0.15) is 0 Å². The Labute approximate surface area is 139 Å². The third-order valence-electron chi connectivity index (χ3n) is 4.18. The topological polar surface area (TPSA) is 95.7 Å². The molecule has 1 aliphatic heterocycles. The van der Waals surface area contributed by atoms with Crippen molar-refractivity contribution in [3.05, 3.63) is 60.2 Å². The van der Waals surface area contributed by atoms with E-state index in [1.165, 1.54) is 0 Å². The van der Waals surface area contributed by atoms with E-state index < -0.39 is 18.1 Å². The molecular weight excluding hydrogens is 306 g/mol. The number of carbonyl (C=O) groups excluding carboxylic acids is 1. The molecule has 1 saturated heterocycles. The van der Waals surface area contributed by atoms with E-state index in [-0.39, 0.29) is 12.3 Å². The van der Waals surface area contributed by atoms with Crippen LogP contribution >= 0.6 is 0 Å². The lowest BCUT2D eigenvalue weighted by Gasteiger charge is -2.25. The fraction of sp³-hybridized carbons (Fsp3) is 0.222. The van der Waals surface area contributed by atoms with Gasteiger partial charge >= 0.3 is 5.97 Å². The summed E-state index contributed by atoms with van der Waals surface area (Å²) in [6.45, 7) is 0.409. The summed E-state index contributed by atoms with van der Waals surface area (Å²) in [5.41, 5.74) is 11.6. The number of rotatable bonds is 5. The van der Waals surface area contributed by atoms with Crippen LogP contribution in [0, 0.1) is 0 Å². The fourth-order valence-corrected chi connectivity index (χ4v) is 2.86. The molecule has 0 spiro atoms. The quantitative estimate of drug-likeness (QED) is 0.772. The maximum Gasteiger partial charge on any atom is 0.322 e. The zero-order chi connectivity index (χ0) is 17.1. The van der Waals surface area contributed by atoms with E-state index in [1.807, 2.05) is 54.6 Å². The molecule has 0 radical (unpaired) electrons. The normalized spacial score (nSPS) is 19.0. The first-order chi connectivity index (χ1) is 11.5. The molecule has 2 aromatic carbocycles. The number of amides is 1. The van der Waals surface area contributed by atoms with Gasteiger partial charge in [0, 0.05) is 13.0 Å². The Hall–Kier alpha value is -2.70. The van der Waals surface area contributed by atoms with Gasteiger partial charge in [0.15, 0.2) is 0 Å². The van der Waals surface area contributed by atoms with Crippen LogP contribution < -0.4 is 11.2 Å². The SMILES string of the molecule is N[C@H](C(=O)O)[C@@H]1CC(=O)NN1Cc1ccc(-c2ccccc2)cc1. The maximum atomic E-state index is 11.6. The zero-order valence-electron chi connectivity index (χ0n) is 13.1. The Kier molecular flexibility index (Phi) is 4.59. The van der Waals surface area contributed by atoms with E-state index in [0.29, 0.717) is 6.54 Å². The number of carboxylic acids is 1. The Morgan fingerprint density at radius 1 is 1.17 bits per heavy atom. The average molecular weight is 325 g/mol. The molecular formula is C18H19N3O3. The predicted molar refractivity (Wildman–Crippen MR) is 89.6 cm³/mol. The number of carboxylic acid groups (broad SMARTS) is 1. The van der Waals surface area contributed by atoms with Crippen molar-refractivity contribution < 1.29 is 14.7 Å². The molecule has 1 heterocycles. The molecule has 0 aliphatic carbocycles. The van der Waals surface area contributed by atoms with Crippen LogP contribution in [-0.2, 0) is 16.1 Å². The van der Waals surface area contributed by atoms with Gasteiger partial charge in [-0.1, -0.05) is 54.6 Å². The molecule has 0 bridgehead atoms. The highest BCUT2D eigenvalue weighted by Gasteiger charge is 2.37. The number of nitrogens with one attached hydrogen (secondary N) is 1. The average Bonchev–Trinajstić information content (AvgIpc) is 2.96. The molecule has 0 saturated carbocycles. The first-order valence-corrected chi connectivity index (χ1v) is 7.73. The lowest BCUT2D eigenvalue weighted by molar-refractivity contribution is -0.140. The van der Waals surface area contributed by atoms with Gasteiger partial charge in [0.05, 0.1) is 6.04 Å². The van der Waals surface area contributed by atoms with Gasteiger partial charge < -0.3 is 10.8 Å². The van der Waals surface area contributed by atoms with Gasteiger partial charge in [0.1, 0.15) is 6.04 Å². The van der Waals surface area contributed by atoms with Gasteiger partial charge in [-0.05, 0) is 16.7 Å². The van der Waals surface area contributed by atoms with Crippen molar-refractivity contribution in [3.63, 3.8) is 0 Å². The number of benzene rings is 2. The summed E-state index contributed by atoms with van der Waals surface area (Å²) >= 11 is 0. The van der Waals surface area contributed by atoms with Crippen LogP contribution in [-0.4, -0.2) is 34.1 Å². The van der Waals surface area contributed by atoms with Crippen LogP contribution in [0.3, 0.4) is 0 Å². The molecule has 6 nitrogen and oxygen atoms in total. The number of hydrogen-bond donors (Lipinski definition) is 3. The molecule has 1 amide bonds. The van der Waals surface area contributed by atoms with Crippen molar-refractivity contribution >= 4 is 11.9 Å². The van der Waals surface area contributed by atoms with Gasteiger partial charge in [-0.3, -0.25) is 15.0 Å². The highest BCUT2D eigenvalue weighted by atomic mass is 16.4. The van der Waals surface area contributed by atoms with E-state index in [4.69, 9.17) is 10.8 Å². The van der Waals surface area contributed by atoms with Gasteiger partial charge in [-0.25, -0.2) is 5.01 Å². The molecule has 6 heteroatoms. The summed E-state index contributed by atoms with van der Waals surface area (Å²) in [4.78, 5) is 22.7. The monoisotopic (exact) mass is 325 g/mol. The second kappa shape index (κ2) is 6.82. The van der Waals surface area contributed by atoms with Gasteiger partial charge in [0.2, 0.25) is 5.91 Å². The van der Waals surface area contributed by atoms with Crippen molar-refractivity contribution in [2.45, 2.75) is 25.0 Å². The third kappa shape index (κ3) is 3.45. The molecule has 24 heavy (non-hydrogen) atoms. The summed E-state index contributed by atoms with van der Waals surface area (Å²) in [7, 11) is 0. The van der Waals surface area contributed by atoms with E-state index in [1.54, 1.807) is 5.01 Å². The Balaban J connectivity index is 1.73. The van der Waals surface area contributed by atoms with Crippen molar-refractivity contribution in [2.75, 3.05) is 0 Å². The number of aliphatic carboxylic acids is 1. The van der Waals surface area contributed by atoms with E-state index >= 15 is 0 Å². The van der Waals surface area contributed by atoms with Crippen molar-refractivity contribution in [1.82, 2.24) is 10.4 Å². The highest BCUT2D eigenvalue weighted by molar-refractivity contribution is 5.81. The molecule has 0 unspecified atom stereocenters. The van der Waals surface area contributed by atoms with Gasteiger partial charge in [0.25, 0.3) is 0 Å². The van der Waals surface area contributed by atoms with Crippen LogP contribution in [0.4, 0.5) is 0 Å². The lowest BCUT2D eigenvalue weighted by Crippen LogP contribution is -2.50. The molecule has 3 rings (SSSR count). The molecule has 2 aromatic rings. The Morgan fingerprint density at radius 2 is 1.79 bits per heavy atom. The standard InChI is InChI=1S/C18H19N3O3/c19-17(18(23)24)15-10-16(22)20-21(15)11-12-6-8-14(9-7-12)13-4-2-1-3-5-13/h1-9,15,17H,10-11,19H2,(H,20,22)(H,23,24)/t15-,17-/m0/s1. The van der Waals surface area contributed by atoms with E-state index in [2.05, 4.69) is 5.43 Å². The lowest BCUT2D eigenvalue weighted by atomic mass is 10.0. The largest absolute Gasteiger partial charge is 0.480 e. The Morgan fingerprint density at radius 3 is 2.42 bits per heavy atom. The predicted octanol–water partition coefficient (Wildman–Crippen LogP) is 1.37. The summed E-state index contributed by atoms with van der Waals surface area (Å²) in [5, 5.41) is 10.7. The zero-order valence-corrected chi connectivity index (χ0v) is 13.1. The minimum Gasteiger partial charge on any atom is -0.480 e. The summed E-state index contributed by atoms with van der Waals surface area (Å²) in [6.07, 6.45) is 0.0928. The van der Waals surface area contributed by atoms with Gasteiger partial charge in [-0.15, -0.1) is 0 Å². The molecule has 1 aliphatic rings. The second-order valence-corrected chi connectivity index (χ2v) is 5.86. The number of hydrazine groups is 1. The van der Waals surface area contributed by atoms with Crippen LogP contribution in [0.1, 0.15) is 12.0 Å². The maximum absolute atomic E-state index is 11.6. The van der Waals surface area contributed by atoms with Crippen molar-refractivity contribution in [2.24, 2.45) is 5.73 Å². The number of nitrogens with zero attached hydrogens (tertiary/aromatic N) is 1. The van der Waals surface area contributed by atoms with E-state index in [9.17, 15) is 9.59 Å². The van der Waals surface area contributed by atoms with Crippen LogP contribution in [0.25, 0.3) is 11.1 Å². The first-order valence-electron chi connectivity index (χ1n) is 7.73. The first kappa shape index (κ1) is 16.2. The smallest absolute Gasteiger partial charge is 0.322 e. The number of nitrogens with two attached hydrogens (primary N) is 1. The van der Waals surface area contributed by atoms with Crippen LogP contribution in [0.15, 0.2) is 54.6 Å². The van der Waals surface area contributed by atoms with Crippen molar-refractivity contribution in [3.8, 4) is 11.1 Å². The highest BCUT2D eigenvalue weighted by Crippen LogP contribution is 2.21. The molecule has 0 aromatic heterocycles. The summed E-state index contributed by atoms with van der Waals surface area (Å²) < 4.78 is 0. The minimum absolute atomic E-state index is 0.0928. The van der Waals surface area contributed by atoms with E-state index in [0.717, 1.165) is 16.7 Å². The molecule has 2 atom stereocenters. The number of hydrogen-bond acceptors (Lipinski definition) is 4. The summed E-state index contributed by atoms with van der Waals surface area (Å²) in [6, 6.07) is 16.3. The Bertz CT molecular complexity index is 731.